The van der Waals surface area contributed by atoms with E-state index in [-0.39, 0.29) is 72.8 Å². The Morgan fingerprint density at radius 2 is 2.02 bits per heavy atom. The topological polar surface area (TPSA) is 113 Å². The Labute approximate surface area is 268 Å². The molecule has 250 valence electrons. The summed E-state index contributed by atoms with van der Waals surface area (Å²) >= 11 is 0. The molecular weight excluding hydrogens is 620 g/mol. The summed E-state index contributed by atoms with van der Waals surface area (Å²) in [5.74, 6) is -6.43. The molecule has 2 saturated heterocycles. The number of piperidine rings is 1. The molecule has 1 amide bonds. The third kappa shape index (κ3) is 6.03. The van der Waals surface area contributed by atoms with Crippen LogP contribution in [-0.4, -0.2) is 88.5 Å². The molecule has 4 atom stereocenters. The smallest absolute Gasteiger partial charge is 0.407 e. The quantitative estimate of drug-likeness (QED) is 0.406. The summed E-state index contributed by atoms with van der Waals surface area (Å²) in [6, 6.07) is -0.123. The van der Waals surface area contributed by atoms with E-state index in [0.717, 1.165) is 19.4 Å². The molecule has 2 aliphatic carbocycles. The van der Waals surface area contributed by atoms with Crippen LogP contribution in [0.5, 0.6) is 6.01 Å². The lowest BCUT2D eigenvalue weighted by atomic mass is 9.71. The zero-order valence-corrected chi connectivity index (χ0v) is 26.1. The minimum atomic E-state index is -3.26. The molecule has 8 rings (SSSR count). The molecule has 0 aromatic carbocycles. The Balaban J connectivity index is 1.40. The number of fused-ring (bicyclic) bond motifs is 6. The average molecular weight is 657 g/mol. The van der Waals surface area contributed by atoms with E-state index in [4.69, 9.17) is 9.47 Å². The van der Waals surface area contributed by atoms with Crippen molar-refractivity contribution >= 4 is 22.8 Å². The Kier molecular flexibility index (Phi) is 7.88. The number of rotatable bonds is 3. The fourth-order valence-electron chi connectivity index (χ4n) is 7.62. The van der Waals surface area contributed by atoms with Gasteiger partial charge in [0.25, 0.3) is 5.92 Å². The van der Waals surface area contributed by atoms with Crippen LogP contribution in [0.2, 0.25) is 0 Å². The van der Waals surface area contributed by atoms with Crippen molar-refractivity contribution in [3.63, 3.8) is 0 Å². The second kappa shape index (κ2) is 11.8. The standard InChI is InChI=1S/C33H36F4N6O4/c1-32-15-33(36,37)17-43(16-32)29-23-13-38-27(26(35)28(23)39-30(40-29)47-14-19-5-3-9-42(19)2)22-12-20(44)11-18-7-8-24(34)21(25(18)22)6-4-10-46-31(45)41-32/h7-8,11-13,19,22,25,44H,3-6,9-10,14-17H2,1-2H3,(H,41,45)/t19-,22?,25?,32-/m1/s1. The lowest BCUT2D eigenvalue weighted by Crippen LogP contribution is -2.63. The number of allylic oxidation sites excluding steroid dienone is 7. The molecule has 6 aliphatic rings. The van der Waals surface area contributed by atoms with Gasteiger partial charge in [-0.3, -0.25) is 4.98 Å². The maximum Gasteiger partial charge on any atom is 0.407 e. The lowest BCUT2D eigenvalue weighted by molar-refractivity contribution is -0.0390. The van der Waals surface area contributed by atoms with Crippen LogP contribution in [0.1, 0.15) is 50.6 Å². The lowest BCUT2D eigenvalue weighted by Gasteiger charge is -2.44. The van der Waals surface area contributed by atoms with Gasteiger partial charge in [-0.05, 0) is 75.6 Å². The van der Waals surface area contributed by atoms with Crippen molar-refractivity contribution < 1.29 is 36.9 Å². The maximum absolute atomic E-state index is 16.9. The third-order valence-corrected chi connectivity index (χ3v) is 9.69. The fraction of sp³-hybridized carbons (Fsp3) is 0.515. The van der Waals surface area contributed by atoms with Crippen LogP contribution in [0, 0.1) is 11.7 Å². The van der Waals surface area contributed by atoms with Crippen molar-refractivity contribution in [1.29, 1.82) is 0 Å². The number of halogens is 4. The van der Waals surface area contributed by atoms with Gasteiger partial charge in [-0.15, -0.1) is 0 Å². The van der Waals surface area contributed by atoms with Gasteiger partial charge >= 0.3 is 12.1 Å². The first-order valence-corrected chi connectivity index (χ1v) is 15.9. The van der Waals surface area contributed by atoms with E-state index in [0.29, 0.717) is 11.1 Å². The molecule has 2 fully saturated rings. The summed E-state index contributed by atoms with van der Waals surface area (Å²) in [4.78, 5) is 29.7. The number of aromatic nitrogens is 3. The number of alkyl carbamates (subject to hydrolysis) is 1. The zero-order valence-electron chi connectivity index (χ0n) is 26.1. The Morgan fingerprint density at radius 1 is 1.19 bits per heavy atom. The molecule has 0 saturated carbocycles. The fourth-order valence-corrected chi connectivity index (χ4v) is 7.62. The Bertz CT molecular complexity index is 1750. The van der Waals surface area contributed by atoms with Crippen molar-refractivity contribution in [2.45, 2.75) is 62.4 Å². The van der Waals surface area contributed by atoms with Gasteiger partial charge in [0.2, 0.25) is 0 Å². The number of carbonyl (C=O) groups is 1. The summed E-state index contributed by atoms with van der Waals surface area (Å²) in [7, 11) is 1.97. The van der Waals surface area contributed by atoms with Crippen molar-refractivity contribution in [1.82, 2.24) is 25.2 Å². The molecule has 47 heavy (non-hydrogen) atoms. The molecule has 4 aliphatic heterocycles. The number of likely N-dealkylation sites (N-methyl/N-ethyl adjacent to an activating group) is 1. The summed E-state index contributed by atoms with van der Waals surface area (Å²) < 4.78 is 74.4. The molecule has 10 nitrogen and oxygen atoms in total. The number of aliphatic hydroxyl groups excluding tert-OH is 1. The Morgan fingerprint density at radius 3 is 2.81 bits per heavy atom. The van der Waals surface area contributed by atoms with Crippen LogP contribution in [0.3, 0.4) is 0 Å². The minimum Gasteiger partial charge on any atom is -0.508 e. The van der Waals surface area contributed by atoms with Gasteiger partial charge in [-0.2, -0.15) is 9.97 Å². The number of nitrogens with one attached hydrogen (secondary N) is 1. The van der Waals surface area contributed by atoms with Crippen LogP contribution in [0.4, 0.5) is 28.2 Å². The highest BCUT2D eigenvalue weighted by atomic mass is 19.3. The number of carbonyl (C=O) groups excluding carboxylic acids is 1. The number of pyridine rings is 1. The highest BCUT2D eigenvalue weighted by Gasteiger charge is 2.49. The van der Waals surface area contributed by atoms with E-state index in [2.05, 4.69) is 25.2 Å². The molecule has 2 unspecified atom stereocenters. The van der Waals surface area contributed by atoms with Gasteiger partial charge in [0.1, 0.15) is 29.5 Å². The van der Waals surface area contributed by atoms with Gasteiger partial charge < -0.3 is 29.7 Å². The van der Waals surface area contributed by atoms with E-state index >= 15 is 17.6 Å². The number of hydrogen-bond donors (Lipinski definition) is 2. The minimum absolute atomic E-state index is 0.0253. The molecule has 2 aromatic rings. The first-order valence-electron chi connectivity index (χ1n) is 15.9. The van der Waals surface area contributed by atoms with Crippen LogP contribution < -0.4 is 15.0 Å². The number of aliphatic hydroxyl groups is 1. The SMILES string of the molecule is CN1CCC[C@@H]1COc1nc2c3cnc(c(F)c3n1)C1C=C(O)C=C3C=CC(F)=C(CCCOC(=O)N[C@@]4(C)CN2CC(F)(F)C4)C31. The molecule has 6 bridgehead atoms. The van der Waals surface area contributed by atoms with Gasteiger partial charge in [0.05, 0.1) is 29.8 Å². The number of amides is 1. The highest BCUT2D eigenvalue weighted by molar-refractivity contribution is 5.90. The van der Waals surface area contributed by atoms with Crippen LogP contribution in [-0.2, 0) is 4.74 Å². The van der Waals surface area contributed by atoms with E-state index in [1.165, 1.54) is 42.3 Å². The predicted molar refractivity (Wildman–Crippen MR) is 165 cm³/mol. The molecule has 0 spiro atoms. The molecule has 14 heteroatoms. The van der Waals surface area contributed by atoms with Crippen LogP contribution in [0.15, 0.2) is 53.2 Å². The molecule has 6 heterocycles. The average Bonchev–Trinajstić information content (AvgIpc) is 3.41. The largest absolute Gasteiger partial charge is 0.508 e. The van der Waals surface area contributed by atoms with Crippen molar-refractivity contribution in [2.24, 2.45) is 5.92 Å². The van der Waals surface area contributed by atoms with E-state index in [1.807, 2.05) is 7.05 Å². The van der Waals surface area contributed by atoms with Gasteiger partial charge in [0.15, 0.2) is 5.82 Å². The van der Waals surface area contributed by atoms with E-state index in [1.54, 1.807) is 0 Å². The van der Waals surface area contributed by atoms with E-state index < -0.39 is 54.0 Å². The monoisotopic (exact) mass is 656 g/mol. The normalized spacial score (nSPS) is 29.3. The second-order valence-corrected chi connectivity index (χ2v) is 13.4. The molecular formula is C33H36F4N6O4. The Hall–Kier alpha value is -4.20. The number of ether oxygens (including phenoxy) is 2. The molecule has 2 N–H and O–H groups in total. The van der Waals surface area contributed by atoms with Gasteiger partial charge in [-0.25, -0.2) is 22.4 Å². The molecule has 2 aromatic heterocycles. The van der Waals surface area contributed by atoms with Crippen molar-refractivity contribution in [3.05, 3.63) is 64.7 Å². The third-order valence-electron chi connectivity index (χ3n) is 9.69. The maximum atomic E-state index is 16.9. The van der Waals surface area contributed by atoms with Crippen molar-refractivity contribution in [3.8, 4) is 6.01 Å². The van der Waals surface area contributed by atoms with Gasteiger partial charge in [0, 0.05) is 37.0 Å². The predicted octanol–water partition coefficient (Wildman–Crippen LogP) is 5.64. The van der Waals surface area contributed by atoms with Gasteiger partial charge in [-0.1, -0.05) is 6.08 Å². The number of hydrogen-bond acceptors (Lipinski definition) is 9. The summed E-state index contributed by atoms with van der Waals surface area (Å²) in [5, 5.41) is 13.3. The molecule has 0 radical (unpaired) electrons. The number of alkyl halides is 2. The summed E-state index contributed by atoms with van der Waals surface area (Å²) in [5.41, 5.74) is -0.860. The van der Waals surface area contributed by atoms with Crippen molar-refractivity contribution in [2.75, 3.05) is 44.8 Å². The zero-order chi connectivity index (χ0) is 33.1. The van der Waals surface area contributed by atoms with E-state index in [9.17, 15) is 9.90 Å². The number of anilines is 1. The summed E-state index contributed by atoms with van der Waals surface area (Å²) in [6.45, 7) is 1.62. The number of likely N-dealkylation sites (tertiary alicyclic amines) is 1. The number of nitrogens with zero attached hydrogens (tertiary/aromatic N) is 5. The highest BCUT2D eigenvalue weighted by Crippen LogP contribution is 2.47. The van der Waals surface area contributed by atoms with Crippen LogP contribution in [0.25, 0.3) is 10.9 Å². The first kappa shape index (κ1) is 31.4. The second-order valence-electron chi connectivity index (χ2n) is 13.4. The summed E-state index contributed by atoms with van der Waals surface area (Å²) in [6.07, 6.45) is 7.74. The van der Waals surface area contributed by atoms with Crippen LogP contribution >= 0.6 is 0 Å². The first-order chi connectivity index (χ1) is 22.4.